The van der Waals surface area contributed by atoms with Gasteiger partial charge in [-0.05, 0) is 66.9 Å². The lowest BCUT2D eigenvalue weighted by Gasteiger charge is -2.23. The number of hydrogen-bond donors (Lipinski definition) is 1. The fraction of sp³-hybridized carbons (Fsp3) is 0.240. The summed E-state index contributed by atoms with van der Waals surface area (Å²) in [5.41, 5.74) is 3.09. The van der Waals surface area contributed by atoms with Crippen LogP contribution in [0.2, 0.25) is 0 Å². The zero-order valence-electron chi connectivity index (χ0n) is 17.1. The van der Waals surface area contributed by atoms with Crippen LogP contribution in [0.25, 0.3) is 0 Å². The number of anilines is 2. The Hall–Kier alpha value is -3.47. The molecular weight excluding hydrogens is 376 g/mol. The van der Waals surface area contributed by atoms with Gasteiger partial charge < -0.3 is 19.7 Å². The van der Waals surface area contributed by atoms with Crippen molar-refractivity contribution in [1.29, 1.82) is 0 Å². The summed E-state index contributed by atoms with van der Waals surface area (Å²) in [6, 6.07) is 25.8. The Balaban J connectivity index is 1.32. The van der Waals surface area contributed by atoms with Crippen molar-refractivity contribution in [3.8, 4) is 11.5 Å². The van der Waals surface area contributed by atoms with Gasteiger partial charge in [-0.25, -0.2) is 0 Å². The fourth-order valence-corrected chi connectivity index (χ4v) is 3.29. The number of ether oxygens (including phenoxy) is 2. The molecule has 1 fully saturated rings. The van der Waals surface area contributed by atoms with Crippen LogP contribution in [0.3, 0.4) is 0 Å². The number of nitrogens with zero attached hydrogens (tertiary/aromatic N) is 1. The molecule has 3 aromatic carbocycles. The number of amides is 1. The first kappa shape index (κ1) is 19.8. The first-order valence-electron chi connectivity index (χ1n) is 10.2. The predicted molar refractivity (Wildman–Crippen MR) is 118 cm³/mol. The molecular formula is C25H26N2O3. The van der Waals surface area contributed by atoms with Crippen LogP contribution in [-0.2, 0) is 11.3 Å². The van der Waals surface area contributed by atoms with Gasteiger partial charge >= 0.3 is 0 Å². The number of methoxy groups -OCH3 is 1. The van der Waals surface area contributed by atoms with Gasteiger partial charge in [0.2, 0.25) is 0 Å². The van der Waals surface area contributed by atoms with E-state index in [0.717, 1.165) is 35.5 Å². The second kappa shape index (κ2) is 9.35. The van der Waals surface area contributed by atoms with E-state index >= 15 is 0 Å². The van der Waals surface area contributed by atoms with Crippen LogP contribution in [0.1, 0.15) is 18.4 Å². The molecule has 0 aromatic heterocycles. The molecule has 0 aliphatic heterocycles. The Morgan fingerprint density at radius 2 is 1.53 bits per heavy atom. The molecule has 0 radical (unpaired) electrons. The number of nitrogens with one attached hydrogen (secondary N) is 1. The highest BCUT2D eigenvalue weighted by Crippen LogP contribution is 2.29. The molecule has 0 spiro atoms. The van der Waals surface area contributed by atoms with Crippen molar-refractivity contribution in [2.45, 2.75) is 25.4 Å². The number of benzene rings is 3. The van der Waals surface area contributed by atoms with Gasteiger partial charge in [0.25, 0.3) is 5.91 Å². The third kappa shape index (κ3) is 5.32. The molecule has 0 saturated heterocycles. The van der Waals surface area contributed by atoms with Gasteiger partial charge in [0.1, 0.15) is 11.5 Å². The summed E-state index contributed by atoms with van der Waals surface area (Å²) in [6.45, 7) is 0.634. The monoisotopic (exact) mass is 402 g/mol. The van der Waals surface area contributed by atoms with Crippen molar-refractivity contribution < 1.29 is 14.3 Å². The number of para-hydroxylation sites is 1. The van der Waals surface area contributed by atoms with E-state index in [9.17, 15) is 4.79 Å². The quantitative estimate of drug-likeness (QED) is 0.547. The summed E-state index contributed by atoms with van der Waals surface area (Å²) in [5.74, 6) is 1.51. The number of hydrogen-bond acceptors (Lipinski definition) is 4. The molecule has 0 bridgehead atoms. The molecule has 5 heteroatoms. The average Bonchev–Trinajstić information content (AvgIpc) is 3.63. The standard InChI is InChI=1S/C25H26N2O3/c1-29-23-13-7-19(8-14-23)17-27(22-11-12-22)25(28)18-30-24-15-9-21(10-16-24)26-20-5-3-2-4-6-20/h2-10,13-16,22,26H,11-12,17-18H2,1H3. The van der Waals surface area contributed by atoms with E-state index in [4.69, 9.17) is 9.47 Å². The minimum absolute atomic E-state index is 0.0137. The molecule has 1 aliphatic carbocycles. The van der Waals surface area contributed by atoms with Gasteiger partial charge in [-0.3, -0.25) is 4.79 Å². The van der Waals surface area contributed by atoms with Gasteiger partial charge in [-0.2, -0.15) is 0 Å². The maximum absolute atomic E-state index is 12.8. The average molecular weight is 402 g/mol. The maximum atomic E-state index is 12.8. The van der Waals surface area contributed by atoms with Crippen molar-refractivity contribution in [2.24, 2.45) is 0 Å². The minimum atomic E-state index is 0.0137. The Labute approximate surface area is 177 Å². The molecule has 4 rings (SSSR count). The van der Waals surface area contributed by atoms with Gasteiger partial charge in [0.05, 0.1) is 7.11 Å². The van der Waals surface area contributed by atoms with Gasteiger partial charge in [0.15, 0.2) is 6.61 Å². The van der Waals surface area contributed by atoms with Crippen LogP contribution < -0.4 is 14.8 Å². The molecule has 1 N–H and O–H groups in total. The smallest absolute Gasteiger partial charge is 0.261 e. The highest BCUT2D eigenvalue weighted by atomic mass is 16.5. The summed E-state index contributed by atoms with van der Waals surface area (Å²) in [6.07, 6.45) is 2.11. The predicted octanol–water partition coefficient (Wildman–Crippen LogP) is 5.01. The van der Waals surface area contributed by atoms with Crippen LogP contribution in [-0.4, -0.2) is 30.6 Å². The lowest BCUT2D eigenvalue weighted by molar-refractivity contribution is -0.134. The molecule has 1 amide bonds. The second-order valence-electron chi connectivity index (χ2n) is 7.40. The van der Waals surface area contributed by atoms with E-state index < -0.39 is 0 Å². The molecule has 3 aromatic rings. The summed E-state index contributed by atoms with van der Waals surface area (Å²) in [5, 5.41) is 3.33. The van der Waals surface area contributed by atoms with E-state index in [1.165, 1.54) is 0 Å². The number of carbonyl (C=O) groups is 1. The molecule has 30 heavy (non-hydrogen) atoms. The van der Waals surface area contributed by atoms with Crippen LogP contribution in [0.15, 0.2) is 78.9 Å². The highest BCUT2D eigenvalue weighted by Gasteiger charge is 2.32. The van der Waals surface area contributed by atoms with E-state index in [1.807, 2.05) is 83.8 Å². The maximum Gasteiger partial charge on any atom is 0.261 e. The zero-order chi connectivity index (χ0) is 20.8. The zero-order valence-corrected chi connectivity index (χ0v) is 17.1. The molecule has 0 atom stereocenters. The van der Waals surface area contributed by atoms with E-state index in [2.05, 4.69) is 5.32 Å². The van der Waals surface area contributed by atoms with Crippen molar-refractivity contribution >= 4 is 17.3 Å². The summed E-state index contributed by atoms with van der Waals surface area (Å²) in [7, 11) is 1.65. The Morgan fingerprint density at radius 1 is 0.900 bits per heavy atom. The normalized spacial score (nSPS) is 12.8. The SMILES string of the molecule is COc1ccc(CN(C(=O)COc2ccc(Nc3ccccc3)cc2)C2CC2)cc1. The van der Waals surface area contributed by atoms with Crippen LogP contribution in [0.5, 0.6) is 11.5 Å². The van der Waals surface area contributed by atoms with Crippen molar-refractivity contribution in [2.75, 3.05) is 19.0 Å². The van der Waals surface area contributed by atoms with E-state index in [1.54, 1.807) is 7.11 Å². The third-order valence-corrected chi connectivity index (χ3v) is 5.10. The van der Waals surface area contributed by atoms with Gasteiger partial charge in [-0.15, -0.1) is 0 Å². The number of rotatable bonds is 9. The molecule has 0 heterocycles. The lowest BCUT2D eigenvalue weighted by Crippen LogP contribution is -2.36. The Bertz CT molecular complexity index is 952. The highest BCUT2D eigenvalue weighted by molar-refractivity contribution is 5.78. The molecule has 5 nitrogen and oxygen atoms in total. The molecule has 0 unspecified atom stereocenters. The van der Waals surface area contributed by atoms with E-state index in [-0.39, 0.29) is 12.5 Å². The lowest BCUT2D eigenvalue weighted by atomic mass is 10.2. The van der Waals surface area contributed by atoms with Gasteiger partial charge in [0, 0.05) is 24.0 Å². The van der Waals surface area contributed by atoms with Crippen LogP contribution >= 0.6 is 0 Å². The second-order valence-corrected chi connectivity index (χ2v) is 7.40. The molecule has 1 saturated carbocycles. The topological polar surface area (TPSA) is 50.8 Å². The largest absolute Gasteiger partial charge is 0.497 e. The summed E-state index contributed by atoms with van der Waals surface area (Å²) in [4.78, 5) is 14.7. The summed E-state index contributed by atoms with van der Waals surface area (Å²) >= 11 is 0. The molecule has 1 aliphatic rings. The van der Waals surface area contributed by atoms with E-state index in [0.29, 0.717) is 18.3 Å². The fourth-order valence-electron chi connectivity index (χ4n) is 3.29. The first-order valence-corrected chi connectivity index (χ1v) is 10.2. The minimum Gasteiger partial charge on any atom is -0.497 e. The van der Waals surface area contributed by atoms with Crippen molar-refractivity contribution in [1.82, 2.24) is 4.90 Å². The van der Waals surface area contributed by atoms with Crippen molar-refractivity contribution in [3.05, 3.63) is 84.4 Å². The van der Waals surface area contributed by atoms with Crippen LogP contribution in [0, 0.1) is 0 Å². The van der Waals surface area contributed by atoms with Crippen molar-refractivity contribution in [3.63, 3.8) is 0 Å². The first-order chi connectivity index (χ1) is 14.7. The Morgan fingerprint density at radius 3 is 2.17 bits per heavy atom. The summed E-state index contributed by atoms with van der Waals surface area (Å²) < 4.78 is 11.0. The number of carbonyl (C=O) groups excluding carboxylic acids is 1. The Kier molecular flexibility index (Phi) is 6.18. The third-order valence-electron chi connectivity index (χ3n) is 5.10. The van der Waals surface area contributed by atoms with Crippen LogP contribution in [0.4, 0.5) is 11.4 Å². The molecule has 154 valence electrons. The van der Waals surface area contributed by atoms with Gasteiger partial charge in [-0.1, -0.05) is 30.3 Å².